The topological polar surface area (TPSA) is 29.4 Å². The van der Waals surface area contributed by atoms with Gasteiger partial charge in [-0.15, -0.1) is 11.8 Å². The number of nitrogens with zero attached hydrogens (tertiary/aromatic N) is 1. The Morgan fingerprint density at radius 2 is 1.67 bits per heavy atom. The molecule has 0 saturated carbocycles. The van der Waals surface area contributed by atoms with Crippen molar-refractivity contribution in [2.75, 3.05) is 0 Å². The lowest BCUT2D eigenvalue weighted by atomic mass is 10.1. The van der Waals surface area contributed by atoms with Crippen molar-refractivity contribution in [2.45, 2.75) is 10.6 Å². The lowest BCUT2D eigenvalue weighted by Crippen LogP contribution is -1.83. The van der Waals surface area contributed by atoms with Gasteiger partial charge in [0, 0.05) is 10.6 Å². The molecule has 0 amide bonds. The number of fused-ring (bicyclic) bond motifs is 1. The summed E-state index contributed by atoms with van der Waals surface area (Å²) >= 11 is 1.70. The number of hydrogen-bond acceptors (Lipinski definition) is 3. The molecule has 0 aromatic heterocycles. The molecular weight excluding hydrogens is 278 g/mol. The van der Waals surface area contributed by atoms with Crippen LogP contribution < -0.4 is 0 Å². The van der Waals surface area contributed by atoms with Crippen molar-refractivity contribution in [1.82, 2.24) is 0 Å². The third-order valence-corrected chi connectivity index (χ3v) is 4.45. The van der Waals surface area contributed by atoms with Crippen molar-refractivity contribution >= 4 is 34.3 Å². The van der Waals surface area contributed by atoms with Gasteiger partial charge < -0.3 is 0 Å². The van der Waals surface area contributed by atoms with Gasteiger partial charge >= 0.3 is 0 Å². The van der Waals surface area contributed by atoms with Gasteiger partial charge in [0.1, 0.15) is 0 Å². The molecule has 102 valence electrons. The van der Waals surface area contributed by atoms with Crippen LogP contribution in [0.2, 0.25) is 0 Å². The number of carbonyl (C=O) groups excluding carboxylic acids is 1. The van der Waals surface area contributed by atoms with E-state index in [2.05, 4.69) is 29.3 Å². The van der Waals surface area contributed by atoms with Crippen LogP contribution in [0.3, 0.4) is 0 Å². The molecule has 0 fully saturated rings. The van der Waals surface area contributed by atoms with E-state index in [1.165, 1.54) is 5.56 Å². The molecule has 0 heterocycles. The summed E-state index contributed by atoms with van der Waals surface area (Å²) in [5.41, 5.74) is 1.93. The SMILES string of the molecule is O=C=Nc1ccc2ccccc2c1SCc1ccccc1. The summed E-state index contributed by atoms with van der Waals surface area (Å²) in [4.78, 5) is 15.5. The maximum atomic E-state index is 10.6. The van der Waals surface area contributed by atoms with Crippen LogP contribution in [0.25, 0.3) is 10.8 Å². The first-order valence-corrected chi connectivity index (χ1v) is 7.63. The van der Waals surface area contributed by atoms with E-state index >= 15 is 0 Å². The van der Waals surface area contributed by atoms with Crippen molar-refractivity contribution < 1.29 is 4.79 Å². The molecule has 0 aliphatic carbocycles. The largest absolute Gasteiger partial charge is 0.240 e. The summed E-state index contributed by atoms with van der Waals surface area (Å²) in [5.74, 6) is 0.843. The smallest absolute Gasteiger partial charge is 0.211 e. The average Bonchev–Trinajstić information content (AvgIpc) is 2.55. The zero-order valence-electron chi connectivity index (χ0n) is 11.3. The second-order valence-electron chi connectivity index (χ2n) is 4.61. The fourth-order valence-electron chi connectivity index (χ4n) is 2.25. The lowest BCUT2D eigenvalue weighted by molar-refractivity contribution is 0.565. The molecule has 0 N–H and O–H groups in total. The number of hydrogen-bond donors (Lipinski definition) is 0. The van der Waals surface area contributed by atoms with Crippen LogP contribution in [0.15, 0.2) is 76.6 Å². The Labute approximate surface area is 127 Å². The standard InChI is InChI=1S/C18H13NOS/c20-13-19-17-11-10-15-8-4-5-9-16(15)18(17)21-12-14-6-2-1-3-7-14/h1-11H,12H2. The quantitative estimate of drug-likeness (QED) is 0.380. The predicted molar refractivity (Wildman–Crippen MR) is 87.7 cm³/mol. The second-order valence-corrected chi connectivity index (χ2v) is 5.60. The highest BCUT2D eigenvalue weighted by atomic mass is 32.2. The van der Waals surface area contributed by atoms with Gasteiger partial charge in [0.15, 0.2) is 0 Å². The van der Waals surface area contributed by atoms with Crippen LogP contribution >= 0.6 is 11.8 Å². The lowest BCUT2D eigenvalue weighted by Gasteiger charge is -2.09. The van der Waals surface area contributed by atoms with Crippen LogP contribution in [-0.4, -0.2) is 6.08 Å². The molecule has 3 aromatic carbocycles. The van der Waals surface area contributed by atoms with Crippen molar-refractivity contribution in [2.24, 2.45) is 4.99 Å². The van der Waals surface area contributed by atoms with Gasteiger partial charge in [-0.2, -0.15) is 4.99 Å². The zero-order valence-corrected chi connectivity index (χ0v) is 12.1. The first-order chi connectivity index (χ1) is 10.4. The zero-order chi connectivity index (χ0) is 14.5. The van der Waals surface area contributed by atoms with E-state index < -0.39 is 0 Å². The third kappa shape index (κ3) is 3.05. The molecule has 21 heavy (non-hydrogen) atoms. The molecule has 3 heteroatoms. The van der Waals surface area contributed by atoms with Gasteiger partial charge in [-0.05, 0) is 22.4 Å². The third-order valence-electron chi connectivity index (χ3n) is 3.25. The van der Waals surface area contributed by atoms with Crippen LogP contribution in [0.4, 0.5) is 5.69 Å². The van der Waals surface area contributed by atoms with E-state index in [1.54, 1.807) is 17.8 Å². The Morgan fingerprint density at radius 1 is 0.905 bits per heavy atom. The number of rotatable bonds is 4. The molecule has 0 radical (unpaired) electrons. The summed E-state index contributed by atoms with van der Waals surface area (Å²) in [6, 6.07) is 22.3. The predicted octanol–water partition coefficient (Wildman–Crippen LogP) is 5.10. The van der Waals surface area contributed by atoms with E-state index in [9.17, 15) is 4.79 Å². The Balaban J connectivity index is 2.02. The molecule has 0 aliphatic rings. The summed E-state index contributed by atoms with van der Waals surface area (Å²) in [6.07, 6.45) is 1.65. The number of aliphatic imine (C=N–C) groups is 1. The second kappa shape index (κ2) is 6.40. The van der Waals surface area contributed by atoms with Crippen LogP contribution in [0.1, 0.15) is 5.56 Å². The summed E-state index contributed by atoms with van der Waals surface area (Å²) in [7, 11) is 0. The maximum Gasteiger partial charge on any atom is 0.240 e. The fourth-order valence-corrected chi connectivity index (χ4v) is 3.36. The van der Waals surface area contributed by atoms with Crippen LogP contribution in [0, 0.1) is 0 Å². The number of thioether (sulfide) groups is 1. The van der Waals surface area contributed by atoms with Gasteiger partial charge in [0.2, 0.25) is 6.08 Å². The first-order valence-electron chi connectivity index (χ1n) is 6.65. The highest BCUT2D eigenvalue weighted by Crippen LogP contribution is 2.37. The molecular formula is C18H13NOS. The summed E-state index contributed by atoms with van der Waals surface area (Å²) < 4.78 is 0. The molecule has 0 atom stereocenters. The Hall–Kier alpha value is -2.35. The molecule has 0 spiro atoms. The van der Waals surface area contributed by atoms with E-state index in [0.29, 0.717) is 5.69 Å². The molecule has 0 unspecified atom stereocenters. The Kier molecular flexibility index (Phi) is 4.15. The van der Waals surface area contributed by atoms with Gasteiger partial charge in [0.25, 0.3) is 0 Å². The molecule has 0 saturated heterocycles. The van der Waals surface area contributed by atoms with Gasteiger partial charge in [-0.3, -0.25) is 0 Å². The summed E-state index contributed by atoms with van der Waals surface area (Å²) in [5, 5.41) is 2.27. The maximum absolute atomic E-state index is 10.6. The molecule has 0 aliphatic heterocycles. The minimum Gasteiger partial charge on any atom is -0.211 e. The van der Waals surface area contributed by atoms with Crippen LogP contribution in [0.5, 0.6) is 0 Å². The monoisotopic (exact) mass is 291 g/mol. The molecule has 2 nitrogen and oxygen atoms in total. The van der Waals surface area contributed by atoms with Gasteiger partial charge in [0.05, 0.1) is 5.69 Å². The summed E-state index contributed by atoms with van der Waals surface area (Å²) in [6.45, 7) is 0. The molecule has 3 rings (SSSR count). The van der Waals surface area contributed by atoms with Crippen molar-refractivity contribution in [3.05, 3.63) is 72.3 Å². The van der Waals surface area contributed by atoms with Crippen molar-refractivity contribution in [3.8, 4) is 0 Å². The highest BCUT2D eigenvalue weighted by molar-refractivity contribution is 7.99. The Morgan fingerprint density at radius 3 is 2.48 bits per heavy atom. The highest BCUT2D eigenvalue weighted by Gasteiger charge is 2.08. The van der Waals surface area contributed by atoms with E-state index in [-0.39, 0.29) is 0 Å². The minimum absolute atomic E-state index is 0.685. The number of benzene rings is 3. The normalized spacial score (nSPS) is 10.3. The van der Waals surface area contributed by atoms with Crippen molar-refractivity contribution in [1.29, 1.82) is 0 Å². The molecule has 3 aromatic rings. The fraction of sp³-hybridized carbons (Fsp3) is 0.0556. The molecule has 0 bridgehead atoms. The van der Waals surface area contributed by atoms with Crippen LogP contribution in [-0.2, 0) is 10.5 Å². The first kappa shape index (κ1) is 13.6. The minimum atomic E-state index is 0.685. The van der Waals surface area contributed by atoms with E-state index in [4.69, 9.17) is 0 Å². The van der Waals surface area contributed by atoms with Gasteiger partial charge in [-0.25, -0.2) is 4.79 Å². The average molecular weight is 291 g/mol. The Bertz CT molecular complexity index is 808. The van der Waals surface area contributed by atoms with E-state index in [0.717, 1.165) is 21.4 Å². The van der Waals surface area contributed by atoms with Gasteiger partial charge in [-0.1, -0.05) is 60.7 Å². The van der Waals surface area contributed by atoms with Crippen molar-refractivity contribution in [3.63, 3.8) is 0 Å². The number of isocyanates is 1. The van der Waals surface area contributed by atoms with E-state index in [1.807, 2.05) is 42.5 Å².